The van der Waals surface area contributed by atoms with Crippen molar-refractivity contribution in [1.82, 2.24) is 0 Å². The monoisotopic (exact) mass is 253 g/mol. The third-order valence-electron chi connectivity index (χ3n) is 1.88. The minimum absolute atomic E-state index is 0.601. The molecule has 0 radical (unpaired) electrons. The highest BCUT2D eigenvalue weighted by Gasteiger charge is 2.35. The Hall–Kier alpha value is -1.10. The molecular weight excluding hydrogens is 238 g/mol. The highest BCUT2D eigenvalue weighted by atomic mass is 16.6. The molecular formula is C8H15NO8. The zero-order valence-corrected chi connectivity index (χ0v) is 8.76. The summed E-state index contributed by atoms with van der Waals surface area (Å²) in [6.45, 7) is -1.49. The van der Waals surface area contributed by atoms with E-state index in [-0.39, 0.29) is 0 Å². The van der Waals surface area contributed by atoms with Gasteiger partial charge in [0, 0.05) is 0 Å². The molecule has 4 atom stereocenters. The van der Waals surface area contributed by atoms with E-state index in [4.69, 9.17) is 21.1 Å². The van der Waals surface area contributed by atoms with Crippen LogP contribution in [-0.4, -0.2) is 75.0 Å². The molecule has 0 bridgehead atoms. The van der Waals surface area contributed by atoms with Gasteiger partial charge in [-0.25, -0.2) is 4.79 Å². The Morgan fingerprint density at radius 2 is 1.65 bits per heavy atom. The molecule has 9 heteroatoms. The van der Waals surface area contributed by atoms with Crippen molar-refractivity contribution >= 4 is 11.9 Å². The number of rotatable bonds is 6. The molecule has 0 aliphatic carbocycles. The number of nitrogens with two attached hydrogens (primary N) is 1. The minimum atomic E-state index is -2.25. The molecule has 0 aliphatic heterocycles. The number of aliphatic hydroxyl groups excluding tert-OH is 5. The second kappa shape index (κ2) is 7.27. The molecule has 0 amide bonds. The summed E-state index contributed by atoms with van der Waals surface area (Å²) in [4.78, 5) is 21.6. The summed E-state index contributed by atoms with van der Waals surface area (Å²) in [5.41, 5.74) is 4.83. The molecule has 9 nitrogen and oxygen atoms in total. The summed E-state index contributed by atoms with van der Waals surface area (Å²) in [5, 5.41) is 45.0. The van der Waals surface area contributed by atoms with Crippen LogP contribution >= 0.6 is 0 Å². The van der Waals surface area contributed by atoms with E-state index >= 15 is 0 Å². The van der Waals surface area contributed by atoms with Crippen LogP contribution in [0.1, 0.15) is 0 Å². The number of hydrogen-bond donors (Lipinski definition) is 6. The van der Waals surface area contributed by atoms with Crippen molar-refractivity contribution in [2.24, 2.45) is 5.73 Å². The Labute approximate surface area is 96.0 Å². The summed E-state index contributed by atoms with van der Waals surface area (Å²) in [7, 11) is 0. The quantitative estimate of drug-likeness (QED) is 0.201. The van der Waals surface area contributed by atoms with E-state index in [1.807, 2.05) is 0 Å². The van der Waals surface area contributed by atoms with Crippen LogP contribution in [0.3, 0.4) is 0 Å². The molecule has 0 aliphatic rings. The topological polar surface area (TPSA) is 171 Å². The number of aliphatic hydroxyl groups is 5. The second-order valence-corrected chi connectivity index (χ2v) is 3.17. The molecule has 0 saturated heterocycles. The van der Waals surface area contributed by atoms with Gasteiger partial charge in [-0.2, -0.15) is 0 Å². The highest BCUT2D eigenvalue weighted by molar-refractivity contribution is 5.88. The minimum Gasteiger partial charge on any atom is -0.394 e. The van der Waals surface area contributed by atoms with Gasteiger partial charge in [0.25, 0.3) is 0 Å². The molecule has 0 unspecified atom stereocenters. The van der Waals surface area contributed by atoms with E-state index in [0.29, 0.717) is 0 Å². The lowest BCUT2D eigenvalue weighted by atomic mass is 10.0. The molecule has 7 N–H and O–H groups in total. The van der Waals surface area contributed by atoms with E-state index in [1.165, 1.54) is 0 Å². The molecule has 0 heterocycles. The van der Waals surface area contributed by atoms with Gasteiger partial charge in [-0.15, -0.1) is 0 Å². The van der Waals surface area contributed by atoms with Crippen molar-refractivity contribution in [2.75, 3.05) is 13.2 Å². The lowest BCUT2D eigenvalue weighted by Gasteiger charge is -2.24. The maximum Gasteiger partial charge on any atom is 0.345 e. The fourth-order valence-corrected chi connectivity index (χ4v) is 0.876. The number of carbonyl (C=O) groups is 2. The van der Waals surface area contributed by atoms with Crippen LogP contribution in [0.15, 0.2) is 0 Å². The second-order valence-electron chi connectivity index (χ2n) is 3.17. The van der Waals surface area contributed by atoms with Crippen molar-refractivity contribution in [3.63, 3.8) is 0 Å². The Kier molecular flexibility index (Phi) is 6.80. The van der Waals surface area contributed by atoms with Crippen LogP contribution in [0.2, 0.25) is 0 Å². The standard InChI is InChI=1S/C8H15NO8/c9-1-4(12)17-8(16)7(15)6(14)5(13)3(11)2-10/h3,5-7,10-11,13-15H,1-2,9H2/t3-,5-,6+,7-/m1/s1. The van der Waals surface area contributed by atoms with Crippen molar-refractivity contribution in [2.45, 2.75) is 24.4 Å². The summed E-state index contributed by atoms with van der Waals surface area (Å²) in [5.74, 6) is -2.64. The lowest BCUT2D eigenvalue weighted by molar-refractivity contribution is -0.176. The first-order valence-electron chi connectivity index (χ1n) is 4.62. The van der Waals surface area contributed by atoms with Gasteiger partial charge in [-0.1, -0.05) is 0 Å². The van der Waals surface area contributed by atoms with Gasteiger partial charge in [0.15, 0.2) is 6.10 Å². The van der Waals surface area contributed by atoms with Gasteiger partial charge in [-0.3, -0.25) is 4.79 Å². The van der Waals surface area contributed by atoms with Crippen LogP contribution in [0.4, 0.5) is 0 Å². The maximum absolute atomic E-state index is 11.0. The first kappa shape index (κ1) is 15.9. The predicted molar refractivity (Wildman–Crippen MR) is 51.3 cm³/mol. The number of carbonyl (C=O) groups excluding carboxylic acids is 2. The molecule has 17 heavy (non-hydrogen) atoms. The normalized spacial score (nSPS) is 18.0. The molecule has 100 valence electrons. The third-order valence-corrected chi connectivity index (χ3v) is 1.88. The van der Waals surface area contributed by atoms with Crippen molar-refractivity contribution in [3.8, 4) is 0 Å². The van der Waals surface area contributed by atoms with E-state index in [9.17, 15) is 19.8 Å². The smallest absolute Gasteiger partial charge is 0.345 e. The molecule has 0 saturated carbocycles. The number of hydrogen-bond acceptors (Lipinski definition) is 9. The molecule has 0 fully saturated rings. The van der Waals surface area contributed by atoms with Gasteiger partial charge >= 0.3 is 11.9 Å². The van der Waals surface area contributed by atoms with E-state index in [0.717, 1.165) is 0 Å². The zero-order valence-electron chi connectivity index (χ0n) is 8.76. The van der Waals surface area contributed by atoms with Gasteiger partial charge in [0.05, 0.1) is 13.2 Å². The summed E-state index contributed by atoms with van der Waals surface area (Å²) in [6, 6.07) is 0. The lowest BCUT2D eigenvalue weighted by Crippen LogP contribution is -2.49. The molecule has 0 aromatic heterocycles. The van der Waals surface area contributed by atoms with Crippen LogP contribution < -0.4 is 5.73 Å². The number of ether oxygens (including phenoxy) is 1. The molecule has 0 spiro atoms. The Balaban J connectivity index is 4.43. The summed E-state index contributed by atoms with van der Waals surface area (Å²) < 4.78 is 3.98. The van der Waals surface area contributed by atoms with E-state index in [2.05, 4.69) is 4.74 Å². The van der Waals surface area contributed by atoms with Crippen molar-refractivity contribution in [3.05, 3.63) is 0 Å². The summed E-state index contributed by atoms with van der Waals surface area (Å²) in [6.07, 6.45) is -8.09. The zero-order chi connectivity index (χ0) is 13.6. The molecule has 0 rings (SSSR count). The van der Waals surface area contributed by atoms with Crippen LogP contribution in [0.25, 0.3) is 0 Å². The maximum atomic E-state index is 11.0. The largest absolute Gasteiger partial charge is 0.394 e. The van der Waals surface area contributed by atoms with E-state index in [1.54, 1.807) is 0 Å². The van der Waals surface area contributed by atoms with Crippen molar-refractivity contribution < 1.29 is 39.9 Å². The Morgan fingerprint density at radius 1 is 1.12 bits per heavy atom. The van der Waals surface area contributed by atoms with Gasteiger partial charge in [-0.05, 0) is 0 Å². The van der Waals surface area contributed by atoms with Crippen LogP contribution in [0.5, 0.6) is 0 Å². The van der Waals surface area contributed by atoms with Gasteiger partial charge in [0.2, 0.25) is 0 Å². The average molecular weight is 253 g/mol. The van der Waals surface area contributed by atoms with Crippen LogP contribution in [-0.2, 0) is 14.3 Å². The fourth-order valence-electron chi connectivity index (χ4n) is 0.876. The SMILES string of the molecule is NCC(=O)OC(=O)[C@H](O)[C@@H](O)[C@H](O)[C@H](O)CO. The molecule has 0 aromatic carbocycles. The van der Waals surface area contributed by atoms with Gasteiger partial charge in [0.1, 0.15) is 18.3 Å². The first-order chi connectivity index (χ1) is 7.84. The predicted octanol–water partition coefficient (Wildman–Crippen LogP) is -4.55. The number of esters is 2. The fraction of sp³-hybridized carbons (Fsp3) is 0.750. The van der Waals surface area contributed by atoms with Crippen LogP contribution in [0, 0.1) is 0 Å². The Bertz CT molecular complexity index is 270. The van der Waals surface area contributed by atoms with Gasteiger partial charge < -0.3 is 36.0 Å². The highest BCUT2D eigenvalue weighted by Crippen LogP contribution is 2.06. The average Bonchev–Trinajstić information content (AvgIpc) is 2.34. The Morgan fingerprint density at radius 3 is 2.06 bits per heavy atom. The third kappa shape index (κ3) is 4.73. The van der Waals surface area contributed by atoms with Crippen molar-refractivity contribution in [1.29, 1.82) is 0 Å². The van der Waals surface area contributed by atoms with E-state index < -0.39 is 49.5 Å². The molecule has 0 aromatic rings. The first-order valence-corrected chi connectivity index (χ1v) is 4.62. The summed E-state index contributed by atoms with van der Waals surface area (Å²) >= 11 is 0.